The van der Waals surface area contributed by atoms with E-state index in [0.29, 0.717) is 0 Å². The van der Waals surface area contributed by atoms with Crippen LogP contribution in [0.1, 0.15) is 18.6 Å². The molecule has 0 fully saturated rings. The highest BCUT2D eigenvalue weighted by Gasteiger charge is 2.15. The van der Waals surface area contributed by atoms with Crippen LogP contribution in [-0.2, 0) is 0 Å². The third-order valence-electron chi connectivity index (χ3n) is 1.52. The fourth-order valence-corrected chi connectivity index (χ4v) is 0.863. The van der Waals surface area contributed by atoms with Crippen LogP contribution in [0.5, 0.6) is 0 Å². The number of hydrogen-bond donors (Lipinski definition) is 1. The lowest BCUT2D eigenvalue weighted by Gasteiger charge is -2.06. The van der Waals surface area contributed by atoms with Crippen molar-refractivity contribution in [3.8, 4) is 0 Å². The lowest BCUT2D eigenvalue weighted by atomic mass is 10.1. The highest BCUT2D eigenvalue weighted by Crippen LogP contribution is 2.20. The first kappa shape index (κ1) is 9.06. The lowest BCUT2D eigenvalue weighted by molar-refractivity contribution is 0.192. The first-order valence-corrected chi connectivity index (χ1v) is 3.35. The average Bonchev–Trinajstić information content (AvgIpc) is 2.00. The van der Waals surface area contributed by atoms with Crippen LogP contribution in [0.2, 0.25) is 0 Å². The summed E-state index contributed by atoms with van der Waals surface area (Å²) in [6, 6.07) is 1.79. The molecular weight excluding hydrogens is 169 g/mol. The fraction of sp³-hybridized carbons (Fsp3) is 0.250. The largest absolute Gasteiger partial charge is 0.389 e. The molecule has 0 amide bonds. The third-order valence-corrected chi connectivity index (χ3v) is 1.52. The maximum Gasteiger partial charge on any atom is 0.194 e. The molecule has 1 aromatic carbocycles. The molecule has 0 radical (unpaired) electrons. The van der Waals surface area contributed by atoms with E-state index in [4.69, 9.17) is 5.11 Å². The van der Waals surface area contributed by atoms with E-state index < -0.39 is 23.6 Å². The van der Waals surface area contributed by atoms with Gasteiger partial charge in [-0.15, -0.1) is 0 Å². The van der Waals surface area contributed by atoms with Crippen molar-refractivity contribution in [1.82, 2.24) is 0 Å². The number of hydrogen-bond acceptors (Lipinski definition) is 1. The van der Waals surface area contributed by atoms with Crippen LogP contribution in [0.25, 0.3) is 0 Å². The minimum Gasteiger partial charge on any atom is -0.389 e. The summed E-state index contributed by atoms with van der Waals surface area (Å²) in [6.07, 6.45) is -1.14. The second kappa shape index (κ2) is 3.15. The Morgan fingerprint density at radius 1 is 1.17 bits per heavy atom. The standard InChI is InChI=1S/C8H7F3O/c1-4(12)5-2-3-6(9)8(11)7(5)10/h2-4,12H,1H3. The topological polar surface area (TPSA) is 20.2 Å². The van der Waals surface area contributed by atoms with Gasteiger partial charge >= 0.3 is 0 Å². The van der Waals surface area contributed by atoms with Gasteiger partial charge in [0.1, 0.15) is 0 Å². The number of aliphatic hydroxyl groups is 1. The summed E-state index contributed by atoms with van der Waals surface area (Å²) in [7, 11) is 0. The fourth-order valence-electron chi connectivity index (χ4n) is 0.863. The average molecular weight is 176 g/mol. The van der Waals surface area contributed by atoms with Crippen molar-refractivity contribution >= 4 is 0 Å². The van der Waals surface area contributed by atoms with E-state index in [9.17, 15) is 13.2 Å². The Morgan fingerprint density at radius 2 is 1.75 bits per heavy atom. The molecule has 12 heavy (non-hydrogen) atoms. The van der Waals surface area contributed by atoms with Crippen LogP contribution in [0.4, 0.5) is 13.2 Å². The van der Waals surface area contributed by atoms with Gasteiger partial charge < -0.3 is 5.11 Å². The summed E-state index contributed by atoms with van der Waals surface area (Å²) in [4.78, 5) is 0. The van der Waals surface area contributed by atoms with Gasteiger partial charge in [0.2, 0.25) is 0 Å². The molecule has 0 saturated carbocycles. The predicted octanol–water partition coefficient (Wildman–Crippen LogP) is 2.16. The Bertz CT molecular complexity index is 297. The van der Waals surface area contributed by atoms with E-state index in [-0.39, 0.29) is 5.56 Å². The quantitative estimate of drug-likeness (QED) is 0.650. The van der Waals surface area contributed by atoms with Crippen LogP contribution >= 0.6 is 0 Å². The number of rotatable bonds is 1. The molecule has 4 heteroatoms. The van der Waals surface area contributed by atoms with Crippen molar-refractivity contribution in [1.29, 1.82) is 0 Å². The molecule has 1 nitrogen and oxygen atoms in total. The summed E-state index contributed by atoms with van der Waals surface area (Å²) in [5.41, 5.74) is -0.242. The van der Waals surface area contributed by atoms with Crippen LogP contribution < -0.4 is 0 Å². The van der Waals surface area contributed by atoms with Gasteiger partial charge in [0, 0.05) is 5.56 Å². The Labute approximate surface area is 67.5 Å². The molecule has 0 aromatic heterocycles. The number of aliphatic hydroxyl groups excluding tert-OH is 1. The Morgan fingerprint density at radius 3 is 2.25 bits per heavy atom. The van der Waals surface area contributed by atoms with Gasteiger partial charge in [0.15, 0.2) is 17.5 Å². The Kier molecular flexibility index (Phi) is 2.38. The Balaban J connectivity index is 3.27. The molecule has 0 aliphatic rings. The monoisotopic (exact) mass is 176 g/mol. The van der Waals surface area contributed by atoms with E-state index in [2.05, 4.69) is 0 Å². The predicted molar refractivity (Wildman–Crippen MR) is 36.9 cm³/mol. The first-order chi connectivity index (χ1) is 5.54. The molecule has 0 heterocycles. The maximum atomic E-state index is 12.7. The molecule has 66 valence electrons. The normalized spacial score (nSPS) is 13.1. The second-order valence-electron chi connectivity index (χ2n) is 2.44. The molecule has 0 aliphatic carbocycles. The third kappa shape index (κ3) is 1.43. The SMILES string of the molecule is CC(O)c1ccc(F)c(F)c1F. The highest BCUT2D eigenvalue weighted by molar-refractivity contribution is 5.21. The number of halogens is 3. The van der Waals surface area contributed by atoms with Gasteiger partial charge in [-0.25, -0.2) is 13.2 Å². The molecule has 1 aromatic rings. The zero-order valence-corrected chi connectivity index (χ0v) is 6.31. The van der Waals surface area contributed by atoms with Crippen molar-refractivity contribution in [2.45, 2.75) is 13.0 Å². The van der Waals surface area contributed by atoms with Crippen LogP contribution in [0.3, 0.4) is 0 Å². The molecule has 0 saturated heterocycles. The summed E-state index contributed by atoms with van der Waals surface area (Å²) < 4.78 is 37.6. The molecule has 0 spiro atoms. The van der Waals surface area contributed by atoms with E-state index in [1.54, 1.807) is 0 Å². The Hall–Kier alpha value is -1.03. The van der Waals surface area contributed by atoms with Gasteiger partial charge in [-0.1, -0.05) is 6.07 Å². The van der Waals surface area contributed by atoms with Gasteiger partial charge in [0.05, 0.1) is 6.10 Å². The summed E-state index contributed by atoms with van der Waals surface area (Å²) in [5, 5.41) is 8.89. The van der Waals surface area contributed by atoms with E-state index in [1.807, 2.05) is 0 Å². The van der Waals surface area contributed by atoms with Crippen LogP contribution in [0, 0.1) is 17.5 Å². The van der Waals surface area contributed by atoms with Crippen molar-refractivity contribution in [2.75, 3.05) is 0 Å². The van der Waals surface area contributed by atoms with E-state index >= 15 is 0 Å². The van der Waals surface area contributed by atoms with Crippen LogP contribution in [-0.4, -0.2) is 5.11 Å². The second-order valence-corrected chi connectivity index (χ2v) is 2.44. The molecule has 0 aliphatic heterocycles. The van der Waals surface area contributed by atoms with Crippen molar-refractivity contribution in [3.05, 3.63) is 35.1 Å². The molecule has 1 rings (SSSR count). The summed E-state index contributed by atoms with van der Waals surface area (Å²) in [5.74, 6) is -4.13. The molecular formula is C8H7F3O. The highest BCUT2D eigenvalue weighted by atomic mass is 19.2. The van der Waals surface area contributed by atoms with Gasteiger partial charge in [0.25, 0.3) is 0 Å². The maximum absolute atomic E-state index is 12.7. The molecule has 1 atom stereocenters. The zero-order chi connectivity index (χ0) is 9.30. The van der Waals surface area contributed by atoms with E-state index in [1.165, 1.54) is 6.92 Å². The lowest BCUT2D eigenvalue weighted by Crippen LogP contribution is -2.00. The van der Waals surface area contributed by atoms with Crippen molar-refractivity contribution in [2.24, 2.45) is 0 Å². The number of benzene rings is 1. The minimum absolute atomic E-state index is 0.242. The van der Waals surface area contributed by atoms with Gasteiger partial charge in [-0.3, -0.25) is 0 Å². The summed E-state index contributed by atoms with van der Waals surface area (Å²) in [6.45, 7) is 1.27. The first-order valence-electron chi connectivity index (χ1n) is 3.35. The smallest absolute Gasteiger partial charge is 0.194 e. The molecule has 1 N–H and O–H groups in total. The van der Waals surface area contributed by atoms with Gasteiger partial charge in [-0.2, -0.15) is 0 Å². The zero-order valence-electron chi connectivity index (χ0n) is 6.31. The van der Waals surface area contributed by atoms with Crippen molar-refractivity contribution < 1.29 is 18.3 Å². The molecule has 0 bridgehead atoms. The minimum atomic E-state index is -1.55. The molecule has 1 unspecified atom stereocenters. The van der Waals surface area contributed by atoms with Crippen LogP contribution in [0.15, 0.2) is 12.1 Å². The van der Waals surface area contributed by atoms with Crippen molar-refractivity contribution in [3.63, 3.8) is 0 Å². The summed E-state index contributed by atoms with van der Waals surface area (Å²) >= 11 is 0. The van der Waals surface area contributed by atoms with E-state index in [0.717, 1.165) is 12.1 Å². The van der Waals surface area contributed by atoms with Gasteiger partial charge in [-0.05, 0) is 13.0 Å².